The number of nitrogens with zero attached hydrogens (tertiary/aromatic N) is 2. The molecule has 24 heavy (non-hydrogen) atoms. The fraction of sp³-hybridized carbons (Fsp3) is 0.375. The quantitative estimate of drug-likeness (QED) is 0.569. The van der Waals surface area contributed by atoms with E-state index < -0.39 is 29.5 Å². The van der Waals surface area contributed by atoms with Crippen molar-refractivity contribution < 1.29 is 19.1 Å². The Morgan fingerprint density at radius 1 is 1.12 bits per heavy atom. The molecule has 1 aromatic carbocycles. The highest BCUT2D eigenvalue weighted by molar-refractivity contribution is 6.20. The summed E-state index contributed by atoms with van der Waals surface area (Å²) in [7, 11) is 0. The molecule has 2 rings (SSSR count). The maximum Gasteiger partial charge on any atom is 0.417 e. The molecule has 0 saturated carbocycles. The molecule has 0 fully saturated rings. The predicted octanol–water partition coefficient (Wildman–Crippen LogP) is 4.66. The molecule has 1 heterocycles. The van der Waals surface area contributed by atoms with E-state index in [-0.39, 0.29) is 0 Å². The maximum atomic E-state index is 12.5. The Morgan fingerprint density at radius 3 is 1.88 bits per heavy atom. The van der Waals surface area contributed by atoms with Gasteiger partial charge in [-0.15, -0.1) is 6.58 Å². The summed E-state index contributed by atoms with van der Waals surface area (Å²) in [6.07, 6.45) is -0.0832. The number of ether oxygens (including phenoxy) is 2. The molecule has 1 aliphatic heterocycles. The van der Waals surface area contributed by atoms with Crippen molar-refractivity contribution in [3.05, 3.63) is 36.9 Å². The van der Waals surface area contributed by atoms with Crippen molar-refractivity contribution in [2.45, 2.75) is 37.6 Å². The first-order valence-corrected chi connectivity index (χ1v) is 8.21. The van der Waals surface area contributed by atoms with Crippen molar-refractivity contribution in [3.8, 4) is 0 Å². The lowest BCUT2D eigenvalue weighted by Crippen LogP contribution is -2.49. The summed E-state index contributed by atoms with van der Waals surface area (Å²) in [5, 5.41) is 0. The van der Waals surface area contributed by atoms with Crippen molar-refractivity contribution in [2.75, 3.05) is 9.80 Å². The number of hydrogen-bond donors (Lipinski definition) is 0. The van der Waals surface area contributed by atoms with E-state index in [4.69, 9.17) is 32.7 Å². The van der Waals surface area contributed by atoms with Gasteiger partial charge in [0.1, 0.15) is 6.17 Å². The Kier molecular flexibility index (Phi) is 5.96. The van der Waals surface area contributed by atoms with Crippen LogP contribution in [0.3, 0.4) is 0 Å². The number of rotatable bonds is 4. The van der Waals surface area contributed by atoms with E-state index in [0.717, 1.165) is 0 Å². The third-order valence-electron chi connectivity index (χ3n) is 3.29. The number of alkyl halides is 2. The molecule has 0 aliphatic carbocycles. The number of carbonyl (C=O) groups is 2. The Morgan fingerprint density at radius 2 is 1.54 bits per heavy atom. The molecule has 2 unspecified atom stereocenters. The van der Waals surface area contributed by atoms with Gasteiger partial charge in [-0.1, -0.05) is 41.4 Å². The third-order valence-corrected chi connectivity index (χ3v) is 3.47. The summed E-state index contributed by atoms with van der Waals surface area (Å²) in [4.78, 5) is 27.7. The van der Waals surface area contributed by atoms with Gasteiger partial charge in [-0.25, -0.2) is 9.59 Å². The van der Waals surface area contributed by atoms with E-state index in [1.807, 2.05) is 0 Å². The lowest BCUT2D eigenvalue weighted by atomic mass is 10.2. The minimum atomic E-state index is -0.807. The monoisotopic (exact) mass is 372 g/mol. The minimum Gasteiger partial charge on any atom is -0.430 e. The predicted molar refractivity (Wildman–Crippen MR) is 93.6 cm³/mol. The van der Waals surface area contributed by atoms with Gasteiger partial charge in [-0.05, 0) is 26.0 Å². The molecule has 2 atom stereocenters. The van der Waals surface area contributed by atoms with Gasteiger partial charge in [0, 0.05) is 6.42 Å². The van der Waals surface area contributed by atoms with Gasteiger partial charge in [0.2, 0.25) is 0 Å². The second-order valence-electron chi connectivity index (χ2n) is 5.09. The topological polar surface area (TPSA) is 59.1 Å². The highest BCUT2D eigenvalue weighted by Gasteiger charge is 2.44. The number of fused-ring (bicyclic) bond motifs is 1. The SMILES string of the molecule is C=CCC1N(C(=O)OC(C)Cl)c2ccccc2N1C(=O)OC(C)Cl. The summed E-state index contributed by atoms with van der Waals surface area (Å²) in [5.74, 6) is 0. The lowest BCUT2D eigenvalue weighted by molar-refractivity contribution is 0.138. The fourth-order valence-corrected chi connectivity index (χ4v) is 2.65. The van der Waals surface area contributed by atoms with E-state index in [0.29, 0.717) is 17.8 Å². The van der Waals surface area contributed by atoms with Gasteiger partial charge in [-0.3, -0.25) is 9.80 Å². The molecule has 0 N–H and O–H groups in total. The zero-order valence-electron chi connectivity index (χ0n) is 13.3. The van der Waals surface area contributed by atoms with Crippen LogP contribution in [0.4, 0.5) is 21.0 Å². The van der Waals surface area contributed by atoms with E-state index >= 15 is 0 Å². The zero-order valence-corrected chi connectivity index (χ0v) is 14.8. The van der Waals surface area contributed by atoms with Crippen molar-refractivity contribution in [1.29, 1.82) is 0 Å². The zero-order chi connectivity index (χ0) is 17.9. The van der Waals surface area contributed by atoms with Gasteiger partial charge in [0.15, 0.2) is 11.1 Å². The fourth-order valence-electron chi connectivity index (χ4n) is 2.50. The highest BCUT2D eigenvalue weighted by atomic mass is 35.5. The Labute approximate surface area is 150 Å². The third kappa shape index (κ3) is 3.76. The molecular formula is C16H18Cl2N2O4. The first-order chi connectivity index (χ1) is 11.4. The lowest BCUT2D eigenvalue weighted by Gasteiger charge is -2.29. The Bertz CT molecular complexity index is 587. The molecule has 6 nitrogen and oxygen atoms in total. The first-order valence-electron chi connectivity index (χ1n) is 7.34. The van der Waals surface area contributed by atoms with Crippen LogP contribution in [-0.4, -0.2) is 29.5 Å². The molecule has 0 bridgehead atoms. The van der Waals surface area contributed by atoms with Crippen molar-refractivity contribution >= 4 is 46.8 Å². The number of benzene rings is 1. The normalized spacial score (nSPS) is 18.6. The van der Waals surface area contributed by atoms with E-state index in [1.165, 1.54) is 23.6 Å². The molecule has 0 saturated heterocycles. The number of carbonyl (C=O) groups excluding carboxylic acids is 2. The van der Waals surface area contributed by atoms with E-state index in [2.05, 4.69) is 6.58 Å². The maximum absolute atomic E-state index is 12.5. The summed E-state index contributed by atoms with van der Waals surface area (Å²) < 4.78 is 10.2. The van der Waals surface area contributed by atoms with Gasteiger partial charge < -0.3 is 9.47 Å². The average molecular weight is 373 g/mol. The summed E-state index contributed by atoms with van der Waals surface area (Å²) >= 11 is 11.5. The Balaban J connectivity index is 2.45. The van der Waals surface area contributed by atoms with Crippen LogP contribution in [0.15, 0.2) is 36.9 Å². The second-order valence-corrected chi connectivity index (χ2v) is 6.32. The van der Waals surface area contributed by atoms with Crippen LogP contribution in [0.5, 0.6) is 0 Å². The summed E-state index contributed by atoms with van der Waals surface area (Å²) in [6.45, 7) is 6.75. The van der Waals surface area contributed by atoms with Gasteiger partial charge >= 0.3 is 12.2 Å². The van der Waals surface area contributed by atoms with Gasteiger partial charge in [0.05, 0.1) is 11.4 Å². The summed E-state index contributed by atoms with van der Waals surface area (Å²) in [5.41, 5.74) is -0.576. The van der Waals surface area contributed by atoms with Crippen LogP contribution in [0.2, 0.25) is 0 Å². The van der Waals surface area contributed by atoms with E-state index in [1.54, 1.807) is 30.3 Å². The number of amides is 2. The number of hydrogen-bond acceptors (Lipinski definition) is 4. The van der Waals surface area contributed by atoms with Crippen LogP contribution in [0.25, 0.3) is 0 Å². The molecule has 0 radical (unpaired) electrons. The number of halogens is 2. The van der Waals surface area contributed by atoms with Gasteiger partial charge in [0.25, 0.3) is 0 Å². The highest BCUT2D eigenvalue weighted by Crippen LogP contribution is 2.41. The van der Waals surface area contributed by atoms with Crippen LogP contribution in [0.1, 0.15) is 20.3 Å². The smallest absolute Gasteiger partial charge is 0.417 e. The molecule has 130 valence electrons. The van der Waals surface area contributed by atoms with Crippen LogP contribution in [0, 0.1) is 0 Å². The van der Waals surface area contributed by atoms with Crippen LogP contribution >= 0.6 is 23.2 Å². The molecule has 0 spiro atoms. The molecule has 1 aliphatic rings. The van der Waals surface area contributed by atoms with Gasteiger partial charge in [-0.2, -0.15) is 0 Å². The second kappa shape index (κ2) is 7.77. The van der Waals surface area contributed by atoms with Crippen molar-refractivity contribution in [2.24, 2.45) is 0 Å². The van der Waals surface area contributed by atoms with Crippen LogP contribution in [-0.2, 0) is 9.47 Å². The van der Waals surface area contributed by atoms with Crippen molar-refractivity contribution in [3.63, 3.8) is 0 Å². The number of para-hydroxylation sites is 2. The standard InChI is InChI=1S/C16H18Cl2N2O4/c1-4-7-14-19(15(21)23-10(2)17)12-8-5-6-9-13(12)20(14)16(22)24-11(3)18/h4-6,8-11,14H,1,7H2,2-3H3. The van der Waals surface area contributed by atoms with Crippen molar-refractivity contribution in [1.82, 2.24) is 0 Å². The van der Waals surface area contributed by atoms with E-state index in [9.17, 15) is 9.59 Å². The minimum absolute atomic E-state index is 0.312. The van der Waals surface area contributed by atoms with Crippen LogP contribution < -0.4 is 9.80 Å². The Hall–Kier alpha value is -1.92. The molecule has 8 heteroatoms. The molecule has 0 aromatic heterocycles. The summed E-state index contributed by atoms with van der Waals surface area (Å²) in [6, 6.07) is 6.94. The largest absolute Gasteiger partial charge is 0.430 e. The average Bonchev–Trinajstić information content (AvgIpc) is 2.80. The molecule has 2 amide bonds. The number of anilines is 2. The molecular weight excluding hydrogens is 355 g/mol. The molecule has 1 aromatic rings. The first kappa shape index (κ1) is 18.4.